The lowest BCUT2D eigenvalue weighted by Gasteiger charge is -2.45. The van der Waals surface area contributed by atoms with Crippen LogP contribution in [0.1, 0.15) is 42.5 Å². The topological polar surface area (TPSA) is 84.4 Å². The van der Waals surface area contributed by atoms with Crippen LogP contribution in [0.2, 0.25) is 0 Å². The van der Waals surface area contributed by atoms with E-state index >= 15 is 0 Å². The Morgan fingerprint density at radius 2 is 1.97 bits per heavy atom. The van der Waals surface area contributed by atoms with Gasteiger partial charge in [-0.2, -0.15) is 4.37 Å². The van der Waals surface area contributed by atoms with Gasteiger partial charge >= 0.3 is 0 Å². The molecule has 1 aromatic heterocycles. The summed E-state index contributed by atoms with van der Waals surface area (Å²) in [5.74, 6) is 0.173. The molecule has 1 fully saturated rings. The summed E-state index contributed by atoms with van der Waals surface area (Å²) in [6.07, 6.45) is 3.39. The predicted octanol–water partition coefficient (Wildman–Crippen LogP) is 4.72. The zero-order valence-corrected chi connectivity index (χ0v) is 19.9. The average molecular weight is 507 g/mol. The Kier molecular flexibility index (Phi) is 6.50. The molecule has 0 bridgehead atoms. The highest BCUT2D eigenvalue weighted by Gasteiger charge is 2.37. The van der Waals surface area contributed by atoms with E-state index in [0.717, 1.165) is 35.5 Å². The number of nitrogens with zero attached hydrogens (tertiary/aromatic N) is 3. The van der Waals surface area contributed by atoms with E-state index in [1.54, 1.807) is 24.3 Å². The molecule has 11 heteroatoms. The fourth-order valence-electron chi connectivity index (χ4n) is 4.84. The summed E-state index contributed by atoms with van der Waals surface area (Å²) in [4.78, 5) is 6.28. The van der Waals surface area contributed by atoms with E-state index in [0.29, 0.717) is 25.3 Å². The molecule has 3 atom stereocenters. The molecule has 0 spiro atoms. The molecule has 3 heterocycles. The van der Waals surface area contributed by atoms with Crippen LogP contribution in [0.25, 0.3) is 0 Å². The molecule has 34 heavy (non-hydrogen) atoms. The number of likely N-dealkylation sites (tertiary alicyclic amines) is 1. The number of aromatic nitrogens is 2. The predicted molar refractivity (Wildman–Crippen MR) is 125 cm³/mol. The van der Waals surface area contributed by atoms with Gasteiger partial charge in [-0.05, 0) is 49.1 Å². The lowest BCUT2D eigenvalue weighted by atomic mass is 9.85. The maximum absolute atomic E-state index is 13.6. The average Bonchev–Trinajstić information content (AvgIpc) is 3.36. The third kappa shape index (κ3) is 4.64. The van der Waals surface area contributed by atoms with Gasteiger partial charge in [-0.25, -0.2) is 17.8 Å². The third-order valence-electron chi connectivity index (χ3n) is 6.51. The van der Waals surface area contributed by atoms with Crippen LogP contribution < -0.4 is 9.46 Å². The number of sulfonamides is 1. The lowest BCUT2D eigenvalue weighted by Crippen LogP contribution is -2.41. The molecule has 0 aliphatic carbocycles. The first-order valence-corrected chi connectivity index (χ1v) is 13.3. The normalized spacial score (nSPS) is 23.2. The smallest absolute Gasteiger partial charge is 0.263 e. The zero-order chi connectivity index (χ0) is 23.7. The van der Waals surface area contributed by atoms with Gasteiger partial charge in [0.2, 0.25) is 5.13 Å². The summed E-state index contributed by atoms with van der Waals surface area (Å²) >= 11 is 0.954. The maximum Gasteiger partial charge on any atom is 0.263 e. The number of hydrogen-bond donors (Lipinski definition) is 1. The molecule has 2 aliphatic rings. The van der Waals surface area contributed by atoms with Crippen LogP contribution in [-0.2, 0) is 10.0 Å². The quantitative estimate of drug-likeness (QED) is 0.521. The number of alkyl halides is 1. The van der Waals surface area contributed by atoms with Crippen molar-refractivity contribution < 1.29 is 21.9 Å². The molecule has 0 unspecified atom stereocenters. The molecule has 1 saturated heterocycles. The van der Waals surface area contributed by atoms with E-state index in [9.17, 15) is 17.2 Å². The minimum Gasteiger partial charge on any atom is -0.493 e. The number of anilines is 1. The molecule has 1 N–H and O–H groups in total. The highest BCUT2D eigenvalue weighted by Crippen LogP contribution is 2.45. The van der Waals surface area contributed by atoms with E-state index in [2.05, 4.69) is 19.0 Å². The van der Waals surface area contributed by atoms with Crippen LogP contribution in [0.4, 0.5) is 13.9 Å². The molecule has 3 aromatic rings. The van der Waals surface area contributed by atoms with Crippen LogP contribution in [0.15, 0.2) is 53.7 Å². The van der Waals surface area contributed by atoms with Crippen molar-refractivity contribution in [2.75, 3.05) is 24.5 Å². The number of fused-ring (bicyclic) bond motifs is 1. The first kappa shape index (κ1) is 23.1. The third-order valence-corrected chi connectivity index (χ3v) is 8.56. The van der Waals surface area contributed by atoms with Crippen LogP contribution >= 0.6 is 11.5 Å². The minimum absolute atomic E-state index is 0.0211. The summed E-state index contributed by atoms with van der Waals surface area (Å²) in [5, 5.41) is 0.189. The molecule has 5 rings (SSSR count). The molecule has 0 amide bonds. The lowest BCUT2D eigenvalue weighted by molar-refractivity contribution is 0.0394. The monoisotopic (exact) mass is 506 g/mol. The standard InChI is InChI=1S/C23H24F2N4O3S2/c24-13-15-7-9-29(21(11-15)16-1-3-17(25)4-2-16)20-8-10-32-22-12-18(5-6-19(20)22)34(30,31)28-23-26-14-27-33-23/h1-6,12,14-15,20-21H,7-11,13H2,(H,26,27,28)/t15-,20+,21+/m1/s1. The summed E-state index contributed by atoms with van der Waals surface area (Å²) < 4.78 is 64.8. The molecule has 7 nitrogen and oxygen atoms in total. The van der Waals surface area contributed by atoms with Gasteiger partial charge in [-0.1, -0.05) is 18.2 Å². The Hall–Kier alpha value is -2.63. The van der Waals surface area contributed by atoms with Gasteiger partial charge < -0.3 is 4.74 Å². The Labute approximate surface area is 201 Å². The van der Waals surface area contributed by atoms with Crippen molar-refractivity contribution in [2.45, 2.75) is 36.2 Å². The molecular weight excluding hydrogens is 482 g/mol. The molecule has 2 aromatic carbocycles. The second kappa shape index (κ2) is 9.55. The van der Waals surface area contributed by atoms with E-state index in [4.69, 9.17) is 4.74 Å². The minimum atomic E-state index is -3.84. The van der Waals surface area contributed by atoms with Gasteiger partial charge in [0, 0.05) is 41.7 Å². The molecule has 2 aliphatic heterocycles. The number of halogens is 2. The fraction of sp³-hybridized carbons (Fsp3) is 0.391. The van der Waals surface area contributed by atoms with Crippen molar-refractivity contribution in [1.29, 1.82) is 0 Å². The SMILES string of the molecule is O=S(=O)(Nc1ncns1)c1ccc2c(c1)OCC[C@@H]2N1CC[C@@H](CF)C[C@H]1c1ccc(F)cc1. The Morgan fingerprint density at radius 3 is 2.71 bits per heavy atom. The summed E-state index contributed by atoms with van der Waals surface area (Å²) in [5.41, 5.74) is 1.85. The summed E-state index contributed by atoms with van der Waals surface area (Å²) in [6, 6.07) is 11.2. The Bertz CT molecular complexity index is 1240. The maximum atomic E-state index is 13.6. The molecule has 0 radical (unpaired) electrons. The van der Waals surface area contributed by atoms with Crippen LogP contribution in [0.3, 0.4) is 0 Å². The first-order valence-electron chi connectivity index (χ1n) is 11.1. The number of benzene rings is 2. The number of nitrogens with one attached hydrogen (secondary N) is 1. The van der Waals surface area contributed by atoms with Crippen molar-refractivity contribution in [2.24, 2.45) is 5.92 Å². The van der Waals surface area contributed by atoms with E-state index in [1.807, 2.05) is 0 Å². The van der Waals surface area contributed by atoms with Gasteiger partial charge in [0.25, 0.3) is 10.0 Å². The number of rotatable bonds is 6. The van der Waals surface area contributed by atoms with Crippen LogP contribution in [-0.4, -0.2) is 42.5 Å². The number of hydrogen-bond acceptors (Lipinski definition) is 7. The fourth-order valence-corrected chi connectivity index (χ4v) is 6.51. The van der Waals surface area contributed by atoms with Gasteiger partial charge in [-0.15, -0.1) is 0 Å². The van der Waals surface area contributed by atoms with Crippen molar-refractivity contribution in [3.63, 3.8) is 0 Å². The van der Waals surface area contributed by atoms with Gasteiger partial charge in [0.1, 0.15) is 17.9 Å². The van der Waals surface area contributed by atoms with Crippen molar-refractivity contribution in [3.05, 3.63) is 65.7 Å². The Balaban J connectivity index is 1.45. The van der Waals surface area contributed by atoms with Crippen molar-refractivity contribution >= 4 is 26.7 Å². The van der Waals surface area contributed by atoms with Gasteiger partial charge in [0.15, 0.2) is 0 Å². The van der Waals surface area contributed by atoms with E-state index in [-0.39, 0.29) is 40.5 Å². The summed E-state index contributed by atoms with van der Waals surface area (Å²) in [7, 11) is -3.84. The second-order valence-electron chi connectivity index (χ2n) is 8.55. The highest BCUT2D eigenvalue weighted by atomic mass is 32.2. The number of piperidine rings is 1. The van der Waals surface area contributed by atoms with Crippen molar-refractivity contribution in [1.82, 2.24) is 14.3 Å². The largest absolute Gasteiger partial charge is 0.493 e. The number of ether oxygens (including phenoxy) is 1. The van der Waals surface area contributed by atoms with Crippen LogP contribution in [0.5, 0.6) is 5.75 Å². The molecule has 0 saturated carbocycles. The van der Waals surface area contributed by atoms with Crippen molar-refractivity contribution in [3.8, 4) is 5.75 Å². The van der Waals surface area contributed by atoms with Gasteiger partial charge in [0.05, 0.1) is 18.2 Å². The van der Waals surface area contributed by atoms with Crippen LogP contribution in [0, 0.1) is 11.7 Å². The zero-order valence-electron chi connectivity index (χ0n) is 18.2. The van der Waals surface area contributed by atoms with E-state index < -0.39 is 10.0 Å². The van der Waals surface area contributed by atoms with Gasteiger partial charge in [-0.3, -0.25) is 14.0 Å². The Morgan fingerprint density at radius 1 is 1.15 bits per heavy atom. The molecule has 180 valence electrons. The highest BCUT2D eigenvalue weighted by molar-refractivity contribution is 7.93. The van der Waals surface area contributed by atoms with E-state index in [1.165, 1.54) is 24.5 Å². The molecular formula is C23H24F2N4O3S2. The first-order chi connectivity index (χ1) is 16.4. The second-order valence-corrected chi connectivity index (χ2v) is 11.0. The summed E-state index contributed by atoms with van der Waals surface area (Å²) in [6.45, 7) is 0.752.